The molecular weight excluding hydrogens is 356 g/mol. The Morgan fingerprint density at radius 2 is 2.00 bits per heavy atom. The number of anilines is 1. The van der Waals surface area contributed by atoms with Gasteiger partial charge in [0, 0.05) is 27.5 Å². The van der Waals surface area contributed by atoms with E-state index in [9.17, 15) is 4.79 Å². The third-order valence-electron chi connectivity index (χ3n) is 6.08. The highest BCUT2D eigenvalue weighted by Gasteiger charge is 2.34. The number of piperidine rings is 1. The van der Waals surface area contributed by atoms with Crippen LogP contribution in [-0.2, 0) is 4.79 Å². The van der Waals surface area contributed by atoms with E-state index in [2.05, 4.69) is 53.1 Å². The van der Waals surface area contributed by atoms with Crippen LogP contribution in [0, 0.1) is 6.92 Å². The molecule has 0 unspecified atom stereocenters. The van der Waals surface area contributed by atoms with Crippen molar-refractivity contribution in [2.45, 2.75) is 38.1 Å². The van der Waals surface area contributed by atoms with Crippen LogP contribution in [0.1, 0.15) is 47.2 Å². The van der Waals surface area contributed by atoms with Crippen LogP contribution in [-0.4, -0.2) is 40.7 Å². The minimum atomic E-state index is 0.0963. The van der Waals surface area contributed by atoms with E-state index in [0.717, 1.165) is 31.7 Å². The van der Waals surface area contributed by atoms with Crippen molar-refractivity contribution in [3.63, 3.8) is 0 Å². The van der Waals surface area contributed by atoms with E-state index in [0.29, 0.717) is 12.5 Å². The predicted molar refractivity (Wildman–Crippen MR) is 110 cm³/mol. The summed E-state index contributed by atoms with van der Waals surface area (Å²) in [5, 5.41) is 9.15. The molecule has 6 heteroatoms. The van der Waals surface area contributed by atoms with Crippen molar-refractivity contribution >= 4 is 33.1 Å². The maximum atomic E-state index is 12.6. The molecule has 0 bridgehead atoms. The van der Waals surface area contributed by atoms with Gasteiger partial charge >= 0.3 is 0 Å². The number of hydrogen-bond donors (Lipinski definition) is 1. The van der Waals surface area contributed by atoms with E-state index in [1.165, 1.54) is 26.1 Å². The highest BCUT2D eigenvalue weighted by molar-refractivity contribution is 7.19. The molecule has 5 nitrogen and oxygen atoms in total. The predicted octanol–water partition coefficient (Wildman–Crippen LogP) is 4.15. The number of carbonyl (C=O) groups is 1. The first-order valence-corrected chi connectivity index (χ1v) is 10.5. The molecule has 2 aromatic heterocycles. The van der Waals surface area contributed by atoms with Crippen molar-refractivity contribution in [1.82, 2.24) is 14.7 Å². The number of nitrogens with one attached hydrogen (secondary N) is 1. The molecular formula is C21H24N4OS. The van der Waals surface area contributed by atoms with Gasteiger partial charge in [-0.25, -0.2) is 4.68 Å². The molecule has 0 aliphatic carbocycles. The normalized spacial score (nSPS) is 21.4. The molecule has 0 radical (unpaired) electrons. The van der Waals surface area contributed by atoms with Crippen LogP contribution in [0.4, 0.5) is 5.82 Å². The Kier molecular flexibility index (Phi) is 4.06. The lowest BCUT2D eigenvalue weighted by atomic mass is 9.90. The molecule has 3 aromatic rings. The van der Waals surface area contributed by atoms with Gasteiger partial charge in [0.1, 0.15) is 5.82 Å². The van der Waals surface area contributed by atoms with Gasteiger partial charge in [0.15, 0.2) is 0 Å². The summed E-state index contributed by atoms with van der Waals surface area (Å²) >= 11 is 1.82. The first-order chi connectivity index (χ1) is 13.1. The highest BCUT2D eigenvalue weighted by atomic mass is 32.1. The Labute approximate surface area is 163 Å². The summed E-state index contributed by atoms with van der Waals surface area (Å²) in [6, 6.07) is 8.88. The van der Waals surface area contributed by atoms with E-state index in [-0.39, 0.29) is 11.8 Å². The van der Waals surface area contributed by atoms with Crippen LogP contribution in [0.25, 0.3) is 10.1 Å². The van der Waals surface area contributed by atoms with Gasteiger partial charge in [0.2, 0.25) is 5.91 Å². The Bertz CT molecular complexity index is 1010. The fourth-order valence-electron chi connectivity index (χ4n) is 4.51. The second-order valence-corrected chi connectivity index (χ2v) is 8.90. The molecule has 1 atom stereocenters. The van der Waals surface area contributed by atoms with E-state index in [1.807, 2.05) is 17.5 Å². The van der Waals surface area contributed by atoms with Gasteiger partial charge < -0.3 is 10.2 Å². The number of aromatic nitrogens is 2. The van der Waals surface area contributed by atoms with E-state index in [4.69, 9.17) is 5.10 Å². The number of fused-ring (bicyclic) bond motifs is 2. The zero-order valence-corrected chi connectivity index (χ0v) is 16.6. The SMILES string of the molecule is Cc1c([C@H]2CC(=O)Nc3c2cnn3C2CCN(C)CC2)sc2ccccc12. The lowest BCUT2D eigenvalue weighted by Gasteiger charge is -2.31. The Balaban J connectivity index is 1.57. The van der Waals surface area contributed by atoms with Crippen LogP contribution >= 0.6 is 11.3 Å². The number of hydrogen-bond acceptors (Lipinski definition) is 4. The highest BCUT2D eigenvalue weighted by Crippen LogP contribution is 2.45. The van der Waals surface area contributed by atoms with Gasteiger partial charge in [-0.15, -0.1) is 11.3 Å². The molecule has 2 aliphatic heterocycles. The van der Waals surface area contributed by atoms with Crippen LogP contribution < -0.4 is 5.32 Å². The molecule has 1 N–H and O–H groups in total. The molecule has 1 saturated heterocycles. The monoisotopic (exact) mass is 380 g/mol. The second-order valence-electron chi connectivity index (χ2n) is 7.82. The van der Waals surface area contributed by atoms with E-state index in [1.54, 1.807) is 0 Å². The summed E-state index contributed by atoms with van der Waals surface area (Å²) in [7, 11) is 2.16. The van der Waals surface area contributed by atoms with Crippen molar-refractivity contribution in [2.24, 2.45) is 0 Å². The van der Waals surface area contributed by atoms with Crippen LogP contribution in [0.5, 0.6) is 0 Å². The number of carbonyl (C=O) groups excluding carboxylic acids is 1. The molecule has 0 spiro atoms. The summed E-state index contributed by atoms with van der Waals surface area (Å²) in [6.45, 7) is 4.33. The Morgan fingerprint density at radius 1 is 1.22 bits per heavy atom. The Hall–Kier alpha value is -2.18. The topological polar surface area (TPSA) is 50.2 Å². The molecule has 1 fully saturated rings. The van der Waals surface area contributed by atoms with Crippen LogP contribution in [0.15, 0.2) is 30.5 Å². The number of rotatable bonds is 2. The molecule has 1 amide bonds. The summed E-state index contributed by atoms with van der Waals surface area (Å²) in [5.74, 6) is 1.12. The number of benzene rings is 1. The van der Waals surface area contributed by atoms with Crippen LogP contribution in [0.3, 0.4) is 0 Å². The fraction of sp³-hybridized carbons (Fsp3) is 0.429. The maximum absolute atomic E-state index is 12.6. The van der Waals surface area contributed by atoms with Gasteiger partial charge in [-0.3, -0.25) is 4.79 Å². The first kappa shape index (κ1) is 17.0. The lowest BCUT2D eigenvalue weighted by molar-refractivity contribution is -0.116. The lowest BCUT2D eigenvalue weighted by Crippen LogP contribution is -2.33. The summed E-state index contributed by atoms with van der Waals surface area (Å²) in [5.41, 5.74) is 2.47. The van der Waals surface area contributed by atoms with E-state index >= 15 is 0 Å². The fourth-order valence-corrected chi connectivity index (χ4v) is 5.84. The van der Waals surface area contributed by atoms with Gasteiger partial charge in [-0.05, 0) is 56.9 Å². The summed E-state index contributed by atoms with van der Waals surface area (Å²) in [6.07, 6.45) is 4.64. The van der Waals surface area contributed by atoms with Crippen molar-refractivity contribution < 1.29 is 4.79 Å². The second kappa shape index (κ2) is 6.46. The molecule has 5 rings (SSSR count). The third kappa shape index (κ3) is 2.78. The summed E-state index contributed by atoms with van der Waals surface area (Å²) < 4.78 is 3.37. The van der Waals surface area contributed by atoms with Crippen molar-refractivity contribution in [3.05, 3.63) is 46.5 Å². The number of likely N-dealkylation sites (tertiary alicyclic amines) is 1. The van der Waals surface area contributed by atoms with Gasteiger partial charge in [-0.1, -0.05) is 18.2 Å². The molecule has 4 heterocycles. The number of amides is 1. The smallest absolute Gasteiger partial charge is 0.226 e. The quantitative estimate of drug-likeness (QED) is 0.727. The third-order valence-corrected chi connectivity index (χ3v) is 7.46. The van der Waals surface area contributed by atoms with Crippen molar-refractivity contribution in [3.8, 4) is 0 Å². The minimum absolute atomic E-state index is 0.0963. The Morgan fingerprint density at radius 3 is 2.78 bits per heavy atom. The van der Waals surface area contributed by atoms with E-state index < -0.39 is 0 Å². The number of thiophene rings is 1. The summed E-state index contributed by atoms with van der Waals surface area (Å²) in [4.78, 5) is 16.2. The van der Waals surface area contributed by atoms with Crippen molar-refractivity contribution in [2.75, 3.05) is 25.5 Å². The maximum Gasteiger partial charge on any atom is 0.226 e. The largest absolute Gasteiger partial charge is 0.311 e. The van der Waals surface area contributed by atoms with Crippen LogP contribution in [0.2, 0.25) is 0 Å². The van der Waals surface area contributed by atoms with Crippen molar-refractivity contribution in [1.29, 1.82) is 0 Å². The molecule has 0 saturated carbocycles. The average molecular weight is 381 g/mol. The average Bonchev–Trinajstić information content (AvgIpc) is 3.24. The van der Waals surface area contributed by atoms with Gasteiger partial charge in [0.25, 0.3) is 0 Å². The molecule has 1 aromatic carbocycles. The molecule has 2 aliphatic rings. The standard InChI is InChI=1S/C21H24N4OS/c1-13-15-5-3-4-6-18(15)27-20(13)16-11-19(26)23-21-17(16)12-22-25(21)14-7-9-24(2)10-8-14/h3-6,12,14,16H,7-11H2,1-2H3,(H,23,26)/t16-/m0/s1. The minimum Gasteiger partial charge on any atom is -0.311 e. The zero-order chi connectivity index (χ0) is 18.5. The van der Waals surface area contributed by atoms with Gasteiger partial charge in [-0.2, -0.15) is 5.10 Å². The first-order valence-electron chi connectivity index (χ1n) is 9.65. The molecule has 140 valence electrons. The zero-order valence-electron chi connectivity index (χ0n) is 15.7. The molecule has 27 heavy (non-hydrogen) atoms. The van der Waals surface area contributed by atoms with Gasteiger partial charge in [0.05, 0.1) is 12.2 Å². The number of aryl methyl sites for hydroxylation is 1. The number of nitrogens with zero attached hydrogens (tertiary/aromatic N) is 3.